The normalized spacial score (nSPS) is 17.6. The Kier molecular flexibility index (Phi) is 2.44. The predicted molar refractivity (Wildman–Crippen MR) is 54.2 cm³/mol. The van der Waals surface area contributed by atoms with E-state index in [4.69, 9.17) is 5.26 Å². The van der Waals surface area contributed by atoms with Crippen molar-refractivity contribution < 1.29 is 9.59 Å². The Bertz CT molecular complexity index is 467. The fraction of sp³-hybridized carbons (Fsp3) is 0.400. The fourth-order valence-corrected chi connectivity index (χ4v) is 1.77. The molecule has 1 N–H and O–H groups in total. The lowest BCUT2D eigenvalue weighted by Crippen LogP contribution is -2.43. The number of aromatic amines is 1. The van der Waals surface area contributed by atoms with Gasteiger partial charge in [-0.2, -0.15) is 10.4 Å². The number of H-pyrrole nitrogens is 1. The summed E-state index contributed by atoms with van der Waals surface area (Å²) in [5.74, 6) is -0.330. The average Bonchev–Trinajstić information content (AvgIpc) is 2.64. The molecule has 1 aromatic heterocycles. The molecule has 2 heterocycles. The van der Waals surface area contributed by atoms with Crippen LogP contribution in [0.3, 0.4) is 0 Å². The molecule has 0 saturated carbocycles. The highest BCUT2D eigenvalue weighted by atomic mass is 16.2. The summed E-state index contributed by atoms with van der Waals surface area (Å²) in [5.41, 5.74) is 0.205. The van der Waals surface area contributed by atoms with Crippen molar-refractivity contribution in [1.82, 2.24) is 10.2 Å². The molecule has 2 amide bonds. The number of nitriles is 1. The van der Waals surface area contributed by atoms with Gasteiger partial charge in [0.05, 0.1) is 6.20 Å². The minimum Gasteiger partial charge on any atom is -0.274 e. The minimum absolute atomic E-state index is 0.0599. The number of piperidine rings is 1. The lowest BCUT2D eigenvalue weighted by Gasteiger charge is -2.26. The molecule has 1 aliphatic rings. The third kappa shape index (κ3) is 1.56. The Labute approximate surface area is 91.9 Å². The van der Waals surface area contributed by atoms with Crippen molar-refractivity contribution in [2.45, 2.75) is 19.8 Å². The quantitative estimate of drug-likeness (QED) is 0.698. The van der Waals surface area contributed by atoms with Gasteiger partial charge in [0.1, 0.15) is 11.6 Å². The van der Waals surface area contributed by atoms with Gasteiger partial charge in [0.2, 0.25) is 11.8 Å². The predicted octanol–water partition coefficient (Wildman–Crippen LogP) is 0.571. The summed E-state index contributed by atoms with van der Waals surface area (Å²) in [5, 5.41) is 15.0. The van der Waals surface area contributed by atoms with Crippen LogP contribution in [0.4, 0.5) is 5.82 Å². The summed E-state index contributed by atoms with van der Waals surface area (Å²) < 4.78 is 0. The van der Waals surface area contributed by atoms with Crippen molar-refractivity contribution in [3.8, 4) is 6.07 Å². The second-order valence-electron chi connectivity index (χ2n) is 3.88. The van der Waals surface area contributed by atoms with Gasteiger partial charge in [0.15, 0.2) is 5.82 Å². The molecule has 16 heavy (non-hydrogen) atoms. The second kappa shape index (κ2) is 3.77. The van der Waals surface area contributed by atoms with Crippen molar-refractivity contribution in [2.24, 2.45) is 5.92 Å². The molecular weight excluding hydrogens is 208 g/mol. The number of aromatic nitrogens is 2. The van der Waals surface area contributed by atoms with Crippen LogP contribution in [-0.4, -0.2) is 22.0 Å². The summed E-state index contributed by atoms with van der Waals surface area (Å²) >= 11 is 0. The molecule has 0 spiro atoms. The van der Waals surface area contributed by atoms with E-state index in [9.17, 15) is 9.59 Å². The highest BCUT2D eigenvalue weighted by Gasteiger charge is 2.33. The molecular formula is C10H10N4O2. The van der Waals surface area contributed by atoms with E-state index in [0.717, 1.165) is 4.90 Å². The van der Waals surface area contributed by atoms with E-state index in [2.05, 4.69) is 10.2 Å². The van der Waals surface area contributed by atoms with E-state index < -0.39 is 0 Å². The van der Waals surface area contributed by atoms with Crippen LogP contribution in [0.2, 0.25) is 0 Å². The van der Waals surface area contributed by atoms with Gasteiger partial charge in [-0.25, -0.2) is 4.90 Å². The van der Waals surface area contributed by atoms with Crippen LogP contribution in [0.5, 0.6) is 0 Å². The second-order valence-corrected chi connectivity index (χ2v) is 3.88. The first-order valence-corrected chi connectivity index (χ1v) is 4.92. The lowest BCUT2D eigenvalue weighted by atomic mass is 9.97. The van der Waals surface area contributed by atoms with Crippen molar-refractivity contribution in [3.05, 3.63) is 11.8 Å². The van der Waals surface area contributed by atoms with Crippen LogP contribution in [0, 0.1) is 17.2 Å². The Balaban J connectivity index is 2.37. The Morgan fingerprint density at radius 3 is 2.69 bits per heavy atom. The molecule has 1 fully saturated rings. The van der Waals surface area contributed by atoms with Gasteiger partial charge >= 0.3 is 0 Å². The average molecular weight is 218 g/mol. The highest BCUT2D eigenvalue weighted by Crippen LogP contribution is 2.25. The first-order chi connectivity index (χ1) is 7.63. The number of nitrogens with one attached hydrogen (secondary N) is 1. The number of hydrogen-bond acceptors (Lipinski definition) is 4. The largest absolute Gasteiger partial charge is 0.274 e. The molecule has 1 aliphatic heterocycles. The first kappa shape index (κ1) is 10.4. The summed E-state index contributed by atoms with van der Waals surface area (Å²) in [6, 6.07) is 1.89. The molecule has 6 nitrogen and oxygen atoms in total. The summed E-state index contributed by atoms with van der Waals surface area (Å²) in [6.45, 7) is 1.85. The van der Waals surface area contributed by atoms with Gasteiger partial charge in [-0.05, 0) is 5.92 Å². The number of hydrogen-bond donors (Lipinski definition) is 1. The first-order valence-electron chi connectivity index (χ1n) is 4.92. The smallest absolute Gasteiger partial charge is 0.235 e. The maximum absolute atomic E-state index is 11.7. The molecule has 1 saturated heterocycles. The zero-order valence-electron chi connectivity index (χ0n) is 8.73. The molecule has 2 rings (SSSR count). The van der Waals surface area contributed by atoms with E-state index >= 15 is 0 Å². The molecule has 0 aliphatic carbocycles. The minimum atomic E-state index is -0.287. The van der Waals surface area contributed by atoms with Crippen LogP contribution in [-0.2, 0) is 9.59 Å². The maximum atomic E-state index is 11.7. The molecule has 6 heteroatoms. The highest BCUT2D eigenvalue weighted by molar-refractivity contribution is 6.16. The van der Waals surface area contributed by atoms with E-state index in [1.54, 1.807) is 0 Å². The van der Waals surface area contributed by atoms with Gasteiger partial charge in [-0.15, -0.1) is 0 Å². The molecule has 0 aromatic carbocycles. The van der Waals surface area contributed by atoms with Gasteiger partial charge in [-0.3, -0.25) is 14.7 Å². The van der Waals surface area contributed by atoms with Crippen LogP contribution in [0.25, 0.3) is 0 Å². The van der Waals surface area contributed by atoms with E-state index in [1.165, 1.54) is 6.20 Å². The molecule has 0 radical (unpaired) electrons. The van der Waals surface area contributed by atoms with E-state index in [-0.39, 0.29) is 29.1 Å². The fourth-order valence-electron chi connectivity index (χ4n) is 1.77. The Hall–Kier alpha value is -2.16. The molecule has 1 aromatic rings. The van der Waals surface area contributed by atoms with E-state index in [0.29, 0.717) is 12.8 Å². The molecule has 0 bridgehead atoms. The summed E-state index contributed by atoms with van der Waals surface area (Å²) in [6.07, 6.45) is 1.93. The summed E-state index contributed by atoms with van der Waals surface area (Å²) in [4.78, 5) is 24.5. The lowest BCUT2D eigenvalue weighted by molar-refractivity contribution is -0.130. The van der Waals surface area contributed by atoms with Crippen molar-refractivity contribution in [2.75, 3.05) is 4.90 Å². The van der Waals surface area contributed by atoms with Gasteiger partial charge in [0.25, 0.3) is 0 Å². The van der Waals surface area contributed by atoms with Gasteiger partial charge in [0, 0.05) is 12.8 Å². The number of amides is 2. The monoisotopic (exact) mass is 218 g/mol. The third-order valence-corrected chi connectivity index (χ3v) is 2.51. The third-order valence-electron chi connectivity index (χ3n) is 2.51. The summed E-state index contributed by atoms with van der Waals surface area (Å²) in [7, 11) is 0. The Morgan fingerprint density at radius 2 is 2.12 bits per heavy atom. The standard InChI is InChI=1S/C10H10N4O2/c1-6-2-8(15)14(9(16)3-6)10-7(4-11)5-12-13-10/h5-6H,2-3H2,1H3,(H,12,13). The van der Waals surface area contributed by atoms with Crippen molar-refractivity contribution in [3.63, 3.8) is 0 Å². The zero-order valence-corrected chi connectivity index (χ0v) is 8.73. The topological polar surface area (TPSA) is 89.8 Å². The Morgan fingerprint density at radius 1 is 1.50 bits per heavy atom. The maximum Gasteiger partial charge on any atom is 0.235 e. The number of imide groups is 1. The SMILES string of the molecule is CC1CC(=O)N(c2[nH]ncc2C#N)C(=O)C1. The van der Waals surface area contributed by atoms with Gasteiger partial charge in [-0.1, -0.05) is 6.92 Å². The number of carbonyl (C=O) groups is 2. The number of carbonyl (C=O) groups excluding carboxylic acids is 2. The van der Waals surface area contributed by atoms with Gasteiger partial charge < -0.3 is 0 Å². The number of rotatable bonds is 1. The van der Waals surface area contributed by atoms with Crippen molar-refractivity contribution >= 4 is 17.6 Å². The molecule has 82 valence electrons. The van der Waals surface area contributed by atoms with Crippen LogP contribution in [0.1, 0.15) is 25.3 Å². The van der Waals surface area contributed by atoms with Crippen molar-refractivity contribution in [1.29, 1.82) is 5.26 Å². The van der Waals surface area contributed by atoms with E-state index in [1.807, 2.05) is 13.0 Å². The zero-order chi connectivity index (χ0) is 11.7. The van der Waals surface area contributed by atoms with Crippen LogP contribution < -0.4 is 4.90 Å². The van der Waals surface area contributed by atoms with Crippen LogP contribution >= 0.6 is 0 Å². The van der Waals surface area contributed by atoms with Crippen LogP contribution in [0.15, 0.2) is 6.20 Å². The number of anilines is 1. The molecule has 0 unspecified atom stereocenters. The number of nitrogens with zero attached hydrogens (tertiary/aromatic N) is 3. The molecule has 0 atom stereocenters.